The van der Waals surface area contributed by atoms with Crippen LogP contribution in [0.4, 0.5) is 0 Å². The zero-order valence-corrected chi connectivity index (χ0v) is 16.7. The highest BCUT2D eigenvalue weighted by atomic mass is 16.5. The van der Waals surface area contributed by atoms with E-state index < -0.39 is 17.4 Å². The molecule has 1 aromatic rings. The molecule has 2 bridgehead atoms. The van der Waals surface area contributed by atoms with E-state index in [2.05, 4.69) is 6.07 Å². The molecule has 0 aromatic heterocycles. The van der Waals surface area contributed by atoms with E-state index in [1.165, 1.54) is 0 Å². The smallest absolute Gasteiger partial charge is 0.241 e. The maximum Gasteiger partial charge on any atom is 0.241 e. The lowest BCUT2D eigenvalue weighted by atomic mass is 9.76. The second-order valence-corrected chi connectivity index (χ2v) is 8.66. The van der Waals surface area contributed by atoms with Crippen LogP contribution in [0.3, 0.4) is 0 Å². The van der Waals surface area contributed by atoms with E-state index >= 15 is 0 Å². The first-order valence-electron chi connectivity index (χ1n) is 10.1. The minimum absolute atomic E-state index is 0.0304. The number of likely N-dealkylation sites (tertiary alicyclic amines) is 1. The maximum atomic E-state index is 13.3. The van der Waals surface area contributed by atoms with Gasteiger partial charge >= 0.3 is 0 Å². The molecule has 4 heterocycles. The quantitative estimate of drug-likeness (QED) is 0.702. The van der Waals surface area contributed by atoms with Crippen LogP contribution in [-0.2, 0) is 25.7 Å². The zero-order valence-electron chi connectivity index (χ0n) is 16.7. The predicted octanol–water partition coefficient (Wildman–Crippen LogP) is 0.578. The predicted molar refractivity (Wildman–Crippen MR) is 105 cm³/mol. The summed E-state index contributed by atoms with van der Waals surface area (Å²) in [6, 6.07) is 8.11. The highest BCUT2D eigenvalue weighted by Gasteiger charge is 2.67. The Balaban J connectivity index is 1.38. The van der Waals surface area contributed by atoms with Crippen molar-refractivity contribution in [2.24, 2.45) is 11.8 Å². The molecule has 5 rings (SSSR count). The highest BCUT2D eigenvalue weighted by Crippen LogP contribution is 2.52. The van der Waals surface area contributed by atoms with Gasteiger partial charge in [-0.25, -0.2) is 0 Å². The molecule has 3 fully saturated rings. The summed E-state index contributed by atoms with van der Waals surface area (Å²) in [5, 5.41) is 0. The fraction of sp³-hybridized carbons (Fsp3) is 0.500. The highest BCUT2D eigenvalue weighted by molar-refractivity contribution is 5.94. The number of fused-ring (bicyclic) bond motifs is 1. The molecule has 29 heavy (non-hydrogen) atoms. The van der Waals surface area contributed by atoms with Crippen LogP contribution in [0.2, 0.25) is 0 Å². The van der Waals surface area contributed by atoms with Gasteiger partial charge in [0.25, 0.3) is 0 Å². The third-order valence-corrected chi connectivity index (χ3v) is 6.69. The molecule has 0 saturated carbocycles. The number of carbonyl (C=O) groups is 3. The first-order chi connectivity index (χ1) is 13.9. The standard InChI is InChI=1S/C22H25N3O4/c1-14-4-3-5-15(10-14)11-25-13-22-7-6-16(29-22)18(19(22)21(25)28)20(27)24-9-8-23(2)17(26)12-24/h3-7,10,16,18-19H,8-9,11-13H2,1-2H3/t16-,18?,19?,22-/m0/s1. The molecule has 3 saturated heterocycles. The second kappa shape index (κ2) is 6.42. The summed E-state index contributed by atoms with van der Waals surface area (Å²) in [5.41, 5.74) is 1.50. The number of nitrogens with zero attached hydrogens (tertiary/aromatic N) is 3. The Hall–Kier alpha value is -2.67. The molecule has 3 amide bonds. The lowest BCUT2D eigenvalue weighted by molar-refractivity contribution is -0.149. The first kappa shape index (κ1) is 18.4. The molecule has 4 aliphatic rings. The van der Waals surface area contributed by atoms with E-state index in [1.807, 2.05) is 37.3 Å². The topological polar surface area (TPSA) is 70.2 Å². The van der Waals surface area contributed by atoms with E-state index in [-0.39, 0.29) is 30.4 Å². The fourth-order valence-electron chi connectivity index (χ4n) is 5.18. The van der Waals surface area contributed by atoms with Gasteiger partial charge in [0.15, 0.2) is 0 Å². The van der Waals surface area contributed by atoms with Gasteiger partial charge in [0, 0.05) is 26.7 Å². The molecule has 4 aliphatic heterocycles. The molecule has 1 aromatic carbocycles. The Bertz CT molecular complexity index is 928. The lowest BCUT2D eigenvalue weighted by Gasteiger charge is -2.35. The molecule has 7 nitrogen and oxygen atoms in total. The minimum atomic E-state index is -0.720. The number of aryl methyl sites for hydroxylation is 1. The van der Waals surface area contributed by atoms with Gasteiger partial charge in [-0.15, -0.1) is 0 Å². The van der Waals surface area contributed by atoms with Crippen molar-refractivity contribution in [3.8, 4) is 0 Å². The van der Waals surface area contributed by atoms with Crippen LogP contribution in [0, 0.1) is 18.8 Å². The average molecular weight is 395 g/mol. The van der Waals surface area contributed by atoms with Crippen molar-refractivity contribution < 1.29 is 19.1 Å². The van der Waals surface area contributed by atoms with E-state index in [9.17, 15) is 14.4 Å². The van der Waals surface area contributed by atoms with Crippen LogP contribution in [0.15, 0.2) is 36.4 Å². The molecular formula is C22H25N3O4. The van der Waals surface area contributed by atoms with Crippen molar-refractivity contribution in [3.63, 3.8) is 0 Å². The minimum Gasteiger partial charge on any atom is -0.360 e. The van der Waals surface area contributed by atoms with Crippen molar-refractivity contribution in [2.75, 3.05) is 33.2 Å². The number of hydrogen-bond acceptors (Lipinski definition) is 4. The van der Waals surface area contributed by atoms with Gasteiger partial charge in [0.2, 0.25) is 17.7 Å². The lowest BCUT2D eigenvalue weighted by Crippen LogP contribution is -2.54. The number of amides is 3. The third-order valence-electron chi connectivity index (χ3n) is 6.69. The molecule has 1 spiro atoms. The number of carbonyl (C=O) groups excluding carboxylic acids is 3. The average Bonchev–Trinajstić information content (AvgIpc) is 3.32. The van der Waals surface area contributed by atoms with Crippen molar-refractivity contribution in [3.05, 3.63) is 47.5 Å². The second-order valence-electron chi connectivity index (χ2n) is 8.66. The number of benzene rings is 1. The summed E-state index contributed by atoms with van der Waals surface area (Å²) < 4.78 is 6.20. The maximum absolute atomic E-state index is 13.3. The summed E-state index contributed by atoms with van der Waals surface area (Å²) in [5.74, 6) is -1.30. The number of ether oxygens (including phenoxy) is 1. The normalized spacial score (nSPS) is 33.0. The van der Waals surface area contributed by atoms with Crippen LogP contribution < -0.4 is 0 Å². The third kappa shape index (κ3) is 2.79. The number of likely N-dealkylation sites (N-methyl/N-ethyl adjacent to an activating group) is 1. The summed E-state index contributed by atoms with van der Waals surface area (Å²) in [7, 11) is 1.74. The van der Waals surface area contributed by atoms with Crippen molar-refractivity contribution in [2.45, 2.75) is 25.2 Å². The van der Waals surface area contributed by atoms with E-state index in [0.29, 0.717) is 26.2 Å². The monoisotopic (exact) mass is 395 g/mol. The molecule has 7 heteroatoms. The van der Waals surface area contributed by atoms with Crippen LogP contribution in [-0.4, -0.2) is 77.4 Å². The van der Waals surface area contributed by atoms with Crippen LogP contribution in [0.5, 0.6) is 0 Å². The van der Waals surface area contributed by atoms with Gasteiger partial charge in [-0.05, 0) is 12.5 Å². The summed E-state index contributed by atoms with van der Waals surface area (Å²) >= 11 is 0. The molecular weight excluding hydrogens is 370 g/mol. The molecule has 4 atom stereocenters. The molecule has 2 unspecified atom stereocenters. The summed E-state index contributed by atoms with van der Waals surface area (Å²) in [6.45, 7) is 4.08. The van der Waals surface area contributed by atoms with Gasteiger partial charge < -0.3 is 19.4 Å². The number of piperazine rings is 1. The Morgan fingerprint density at radius 1 is 1.28 bits per heavy atom. The molecule has 0 N–H and O–H groups in total. The number of hydrogen-bond donors (Lipinski definition) is 0. The van der Waals surface area contributed by atoms with Crippen LogP contribution in [0.1, 0.15) is 11.1 Å². The Morgan fingerprint density at radius 2 is 2.10 bits per heavy atom. The van der Waals surface area contributed by atoms with Crippen molar-refractivity contribution in [1.82, 2.24) is 14.7 Å². The summed E-state index contributed by atoms with van der Waals surface area (Å²) in [4.78, 5) is 43.7. The van der Waals surface area contributed by atoms with Gasteiger partial charge in [-0.1, -0.05) is 42.0 Å². The van der Waals surface area contributed by atoms with Gasteiger partial charge in [0.05, 0.1) is 31.0 Å². The Labute approximate surface area is 169 Å². The summed E-state index contributed by atoms with van der Waals surface area (Å²) in [6.07, 6.45) is 3.50. The van der Waals surface area contributed by atoms with E-state index in [4.69, 9.17) is 4.74 Å². The molecule has 152 valence electrons. The largest absolute Gasteiger partial charge is 0.360 e. The van der Waals surface area contributed by atoms with Crippen LogP contribution >= 0.6 is 0 Å². The van der Waals surface area contributed by atoms with Crippen LogP contribution in [0.25, 0.3) is 0 Å². The first-order valence-corrected chi connectivity index (χ1v) is 10.1. The SMILES string of the molecule is Cc1cccc(CN2C[C@]34C=C[C@H](O3)C(C(=O)N3CCN(C)C(=O)C3)C4C2=O)c1. The zero-order chi connectivity index (χ0) is 20.3. The Morgan fingerprint density at radius 3 is 2.86 bits per heavy atom. The van der Waals surface area contributed by atoms with Crippen molar-refractivity contribution in [1.29, 1.82) is 0 Å². The Kier molecular flexibility index (Phi) is 4.07. The molecule has 0 radical (unpaired) electrons. The molecule has 0 aliphatic carbocycles. The fourth-order valence-corrected chi connectivity index (χ4v) is 5.18. The van der Waals surface area contributed by atoms with Gasteiger partial charge in [-0.3, -0.25) is 14.4 Å². The van der Waals surface area contributed by atoms with E-state index in [0.717, 1.165) is 11.1 Å². The van der Waals surface area contributed by atoms with Crippen molar-refractivity contribution >= 4 is 17.7 Å². The van der Waals surface area contributed by atoms with E-state index in [1.54, 1.807) is 21.7 Å². The van der Waals surface area contributed by atoms with Gasteiger partial charge in [0.1, 0.15) is 5.60 Å². The number of rotatable bonds is 3. The van der Waals surface area contributed by atoms with Gasteiger partial charge in [-0.2, -0.15) is 0 Å².